The van der Waals surface area contributed by atoms with Crippen LogP contribution in [0.1, 0.15) is 25.3 Å². The summed E-state index contributed by atoms with van der Waals surface area (Å²) in [6.07, 6.45) is -2.93. The fourth-order valence-electron chi connectivity index (χ4n) is 2.02. The van der Waals surface area contributed by atoms with Gasteiger partial charge in [-0.05, 0) is 18.4 Å². The lowest BCUT2D eigenvalue weighted by molar-refractivity contribution is -0.162. The van der Waals surface area contributed by atoms with Gasteiger partial charge in [-0.15, -0.1) is 0 Å². The molecule has 0 heterocycles. The molecule has 0 aliphatic heterocycles. The molecule has 0 aliphatic carbocycles. The van der Waals surface area contributed by atoms with Crippen LogP contribution in [-0.4, -0.2) is 36.1 Å². The summed E-state index contributed by atoms with van der Waals surface area (Å²) in [7, 11) is 0. The molecule has 0 bridgehead atoms. The molecule has 3 nitrogen and oxygen atoms in total. The van der Waals surface area contributed by atoms with Gasteiger partial charge in [-0.3, -0.25) is 4.79 Å². The van der Waals surface area contributed by atoms with Crippen molar-refractivity contribution in [2.24, 2.45) is 5.73 Å². The Bertz CT molecular complexity index is 434. The molecular formula is C15H21F3N2O. The van der Waals surface area contributed by atoms with Gasteiger partial charge in [-0.2, -0.15) is 13.2 Å². The average Bonchev–Trinajstić information content (AvgIpc) is 2.42. The minimum absolute atomic E-state index is 0.0807. The molecule has 0 spiro atoms. The summed E-state index contributed by atoms with van der Waals surface area (Å²) in [5, 5.41) is 0. The zero-order valence-corrected chi connectivity index (χ0v) is 12.1. The standard InChI is InChI=1S/C15H21F3N2O/c1-2-3-9-20(11-15(16,17)18)14(21)13(19)10-12-7-5-4-6-8-12/h4-8,13H,2-3,9-11,19H2,1H3/t13-/m1/s1. The maximum atomic E-state index is 12.5. The highest BCUT2D eigenvalue weighted by atomic mass is 19.4. The first kappa shape index (κ1) is 17.5. The summed E-state index contributed by atoms with van der Waals surface area (Å²) in [4.78, 5) is 12.9. The fraction of sp³-hybridized carbons (Fsp3) is 0.533. The monoisotopic (exact) mass is 302 g/mol. The van der Waals surface area contributed by atoms with Crippen molar-refractivity contribution in [3.05, 3.63) is 35.9 Å². The molecule has 0 saturated heterocycles. The van der Waals surface area contributed by atoms with E-state index in [2.05, 4.69) is 0 Å². The number of unbranched alkanes of at least 4 members (excludes halogenated alkanes) is 1. The predicted octanol–water partition coefficient (Wildman–Crippen LogP) is 2.75. The zero-order valence-electron chi connectivity index (χ0n) is 12.1. The third-order valence-corrected chi connectivity index (χ3v) is 3.08. The highest BCUT2D eigenvalue weighted by Crippen LogP contribution is 2.18. The van der Waals surface area contributed by atoms with Crippen molar-refractivity contribution < 1.29 is 18.0 Å². The molecule has 6 heteroatoms. The van der Waals surface area contributed by atoms with Crippen LogP contribution < -0.4 is 5.73 Å². The second-order valence-corrected chi connectivity index (χ2v) is 5.02. The summed E-state index contributed by atoms with van der Waals surface area (Å²) < 4.78 is 37.6. The normalized spacial score (nSPS) is 13.0. The van der Waals surface area contributed by atoms with Gasteiger partial charge in [0.25, 0.3) is 0 Å². The van der Waals surface area contributed by atoms with Gasteiger partial charge in [-0.1, -0.05) is 43.7 Å². The summed E-state index contributed by atoms with van der Waals surface area (Å²) in [6.45, 7) is 0.700. The van der Waals surface area contributed by atoms with E-state index in [-0.39, 0.29) is 13.0 Å². The Balaban J connectivity index is 2.69. The molecule has 0 unspecified atom stereocenters. The van der Waals surface area contributed by atoms with Crippen LogP contribution in [0.5, 0.6) is 0 Å². The van der Waals surface area contributed by atoms with Crippen molar-refractivity contribution >= 4 is 5.91 Å². The van der Waals surface area contributed by atoms with Crippen molar-refractivity contribution in [2.45, 2.75) is 38.4 Å². The lowest BCUT2D eigenvalue weighted by Crippen LogP contribution is -2.48. The van der Waals surface area contributed by atoms with E-state index in [1.807, 2.05) is 13.0 Å². The zero-order chi connectivity index (χ0) is 15.9. The van der Waals surface area contributed by atoms with Crippen molar-refractivity contribution in [2.75, 3.05) is 13.1 Å². The number of benzene rings is 1. The van der Waals surface area contributed by atoms with Crippen molar-refractivity contribution in [1.82, 2.24) is 4.90 Å². The molecule has 21 heavy (non-hydrogen) atoms. The number of nitrogens with zero attached hydrogens (tertiary/aromatic N) is 1. The van der Waals surface area contributed by atoms with Gasteiger partial charge >= 0.3 is 6.18 Å². The number of carbonyl (C=O) groups excluding carboxylic acids is 1. The van der Waals surface area contributed by atoms with E-state index in [0.29, 0.717) is 6.42 Å². The van der Waals surface area contributed by atoms with Crippen molar-refractivity contribution in [1.29, 1.82) is 0 Å². The highest BCUT2D eigenvalue weighted by molar-refractivity contribution is 5.82. The molecule has 0 fully saturated rings. The summed E-state index contributed by atoms with van der Waals surface area (Å²) in [6, 6.07) is 8.08. The van der Waals surface area contributed by atoms with Crippen LogP contribution in [0.25, 0.3) is 0 Å². The second-order valence-electron chi connectivity index (χ2n) is 5.02. The third kappa shape index (κ3) is 6.62. The largest absolute Gasteiger partial charge is 0.406 e. The van der Waals surface area contributed by atoms with E-state index < -0.39 is 24.7 Å². The van der Waals surface area contributed by atoms with E-state index >= 15 is 0 Å². The van der Waals surface area contributed by atoms with E-state index in [1.54, 1.807) is 24.3 Å². The maximum Gasteiger partial charge on any atom is 0.406 e. The number of rotatable bonds is 7. The van der Waals surface area contributed by atoms with Crippen LogP contribution in [-0.2, 0) is 11.2 Å². The van der Waals surface area contributed by atoms with E-state index in [4.69, 9.17) is 5.73 Å². The lowest BCUT2D eigenvalue weighted by atomic mass is 10.1. The van der Waals surface area contributed by atoms with Crippen LogP contribution >= 0.6 is 0 Å². The molecule has 0 saturated carbocycles. The van der Waals surface area contributed by atoms with Gasteiger partial charge in [0.05, 0.1) is 6.04 Å². The number of halogens is 3. The minimum Gasteiger partial charge on any atom is -0.332 e. The number of amides is 1. The molecule has 1 atom stereocenters. The average molecular weight is 302 g/mol. The third-order valence-electron chi connectivity index (χ3n) is 3.08. The van der Waals surface area contributed by atoms with E-state index in [1.165, 1.54) is 0 Å². The van der Waals surface area contributed by atoms with Crippen molar-refractivity contribution in [3.8, 4) is 0 Å². The summed E-state index contributed by atoms with van der Waals surface area (Å²) >= 11 is 0. The first-order chi connectivity index (χ1) is 9.83. The Hall–Kier alpha value is -1.56. The highest BCUT2D eigenvalue weighted by Gasteiger charge is 2.34. The van der Waals surface area contributed by atoms with Gasteiger partial charge in [0.2, 0.25) is 5.91 Å². The van der Waals surface area contributed by atoms with Crippen LogP contribution in [0.3, 0.4) is 0 Å². The van der Waals surface area contributed by atoms with Crippen LogP contribution in [0, 0.1) is 0 Å². The SMILES string of the molecule is CCCCN(CC(F)(F)F)C(=O)[C@H](N)Cc1ccccc1. The second kappa shape index (κ2) is 8.02. The number of hydrogen-bond acceptors (Lipinski definition) is 2. The molecular weight excluding hydrogens is 281 g/mol. The molecule has 0 radical (unpaired) electrons. The lowest BCUT2D eigenvalue weighted by Gasteiger charge is -2.26. The van der Waals surface area contributed by atoms with Crippen LogP contribution in [0.2, 0.25) is 0 Å². The van der Waals surface area contributed by atoms with Crippen molar-refractivity contribution in [3.63, 3.8) is 0 Å². The van der Waals surface area contributed by atoms with Gasteiger partial charge < -0.3 is 10.6 Å². The quantitative estimate of drug-likeness (QED) is 0.842. The van der Waals surface area contributed by atoms with Gasteiger partial charge in [0.1, 0.15) is 6.54 Å². The Kier molecular flexibility index (Phi) is 6.68. The molecule has 118 valence electrons. The minimum atomic E-state index is -4.41. The topological polar surface area (TPSA) is 46.3 Å². The number of carbonyl (C=O) groups is 1. The first-order valence-corrected chi connectivity index (χ1v) is 6.98. The van der Waals surface area contributed by atoms with E-state index in [9.17, 15) is 18.0 Å². The van der Waals surface area contributed by atoms with Gasteiger partial charge in [-0.25, -0.2) is 0 Å². The first-order valence-electron chi connectivity index (χ1n) is 6.98. The molecule has 2 N–H and O–H groups in total. The number of hydrogen-bond donors (Lipinski definition) is 1. The number of nitrogens with two attached hydrogens (primary N) is 1. The molecule has 1 amide bonds. The van der Waals surface area contributed by atoms with E-state index in [0.717, 1.165) is 16.9 Å². The predicted molar refractivity (Wildman–Crippen MR) is 75.7 cm³/mol. The Morgan fingerprint density at radius 3 is 2.43 bits per heavy atom. The summed E-state index contributed by atoms with van der Waals surface area (Å²) in [5.74, 6) is -0.648. The smallest absolute Gasteiger partial charge is 0.332 e. The summed E-state index contributed by atoms with van der Waals surface area (Å²) in [5.41, 5.74) is 6.62. The molecule has 1 rings (SSSR count). The van der Waals surface area contributed by atoms with Gasteiger partial charge in [0.15, 0.2) is 0 Å². The maximum absolute atomic E-state index is 12.5. The number of alkyl halides is 3. The van der Waals surface area contributed by atoms with Crippen LogP contribution in [0.15, 0.2) is 30.3 Å². The molecule has 0 aliphatic rings. The molecule has 1 aromatic rings. The van der Waals surface area contributed by atoms with Gasteiger partial charge in [0, 0.05) is 6.54 Å². The molecule has 0 aromatic heterocycles. The molecule has 1 aromatic carbocycles. The Morgan fingerprint density at radius 1 is 1.29 bits per heavy atom. The van der Waals surface area contributed by atoms with Crippen LogP contribution in [0.4, 0.5) is 13.2 Å². The Labute approximate surface area is 122 Å². The fourth-order valence-corrected chi connectivity index (χ4v) is 2.02. The Morgan fingerprint density at radius 2 is 1.90 bits per heavy atom.